The molecule has 5 heteroatoms. The molecular formula is C15H16ClN3O. The Labute approximate surface area is 123 Å². The summed E-state index contributed by atoms with van der Waals surface area (Å²) in [5, 5.41) is 13.7. The van der Waals surface area contributed by atoms with Crippen molar-refractivity contribution in [2.45, 2.75) is 32.9 Å². The fourth-order valence-corrected chi connectivity index (χ4v) is 1.93. The van der Waals surface area contributed by atoms with Crippen LogP contribution in [0.1, 0.15) is 37.6 Å². The molecule has 0 saturated heterocycles. The molecular weight excluding hydrogens is 274 g/mol. The van der Waals surface area contributed by atoms with Crippen LogP contribution < -0.4 is 4.74 Å². The molecule has 1 atom stereocenters. The molecule has 0 fully saturated rings. The van der Waals surface area contributed by atoms with Crippen molar-refractivity contribution >= 4 is 11.6 Å². The molecule has 104 valence electrons. The van der Waals surface area contributed by atoms with E-state index in [0.717, 1.165) is 12.1 Å². The topological polar surface area (TPSA) is 50.8 Å². The van der Waals surface area contributed by atoms with E-state index in [2.05, 4.69) is 18.9 Å². The number of ether oxygens (including phenoxy) is 1. The Kier molecular flexibility index (Phi) is 4.65. The molecule has 1 aromatic carbocycles. The van der Waals surface area contributed by atoms with E-state index in [1.807, 2.05) is 23.0 Å². The third kappa shape index (κ3) is 3.31. The molecule has 0 bridgehead atoms. The van der Waals surface area contributed by atoms with Crippen LogP contribution in [0.15, 0.2) is 30.5 Å². The Bertz CT molecular complexity index is 630. The van der Waals surface area contributed by atoms with Crippen molar-refractivity contribution in [3.05, 3.63) is 46.7 Å². The minimum absolute atomic E-state index is 0.381. The average molecular weight is 290 g/mol. The van der Waals surface area contributed by atoms with E-state index < -0.39 is 0 Å². The number of halogens is 1. The third-order valence-corrected chi connectivity index (χ3v) is 3.47. The predicted octanol–water partition coefficient (Wildman–Crippen LogP) is 3.96. The second-order valence-corrected chi connectivity index (χ2v) is 4.99. The van der Waals surface area contributed by atoms with Crippen LogP contribution in [0.2, 0.25) is 5.02 Å². The maximum Gasteiger partial charge on any atom is 0.132 e. The van der Waals surface area contributed by atoms with Crippen LogP contribution in [0, 0.1) is 11.3 Å². The number of aromatic nitrogens is 2. The summed E-state index contributed by atoms with van der Waals surface area (Å²) in [6.07, 6.45) is 2.99. The lowest BCUT2D eigenvalue weighted by atomic mass is 10.2. The van der Waals surface area contributed by atoms with Crippen molar-refractivity contribution in [1.29, 1.82) is 5.26 Å². The SMILES string of the molecule is CCC(C)n1ccc(COc2ccc(C#N)c(Cl)c2)n1. The fourth-order valence-electron chi connectivity index (χ4n) is 1.72. The minimum Gasteiger partial charge on any atom is -0.487 e. The van der Waals surface area contributed by atoms with Gasteiger partial charge in [-0.2, -0.15) is 10.4 Å². The second kappa shape index (κ2) is 6.44. The number of rotatable bonds is 5. The lowest BCUT2D eigenvalue weighted by Gasteiger charge is -2.08. The van der Waals surface area contributed by atoms with Gasteiger partial charge < -0.3 is 4.74 Å². The van der Waals surface area contributed by atoms with Crippen molar-refractivity contribution in [3.8, 4) is 11.8 Å². The summed E-state index contributed by atoms with van der Waals surface area (Å²) in [5.41, 5.74) is 1.31. The zero-order chi connectivity index (χ0) is 14.5. The highest BCUT2D eigenvalue weighted by Crippen LogP contribution is 2.22. The lowest BCUT2D eigenvalue weighted by molar-refractivity contribution is 0.298. The van der Waals surface area contributed by atoms with Gasteiger partial charge in [0.05, 0.1) is 16.3 Å². The molecule has 0 N–H and O–H groups in total. The maximum atomic E-state index is 8.81. The first-order chi connectivity index (χ1) is 9.63. The summed E-state index contributed by atoms with van der Waals surface area (Å²) >= 11 is 5.95. The van der Waals surface area contributed by atoms with Gasteiger partial charge in [0.25, 0.3) is 0 Å². The number of benzene rings is 1. The largest absolute Gasteiger partial charge is 0.487 e. The van der Waals surface area contributed by atoms with Crippen molar-refractivity contribution in [2.24, 2.45) is 0 Å². The second-order valence-electron chi connectivity index (χ2n) is 4.59. The van der Waals surface area contributed by atoms with Gasteiger partial charge >= 0.3 is 0 Å². The van der Waals surface area contributed by atoms with Crippen molar-refractivity contribution in [1.82, 2.24) is 9.78 Å². The Hall–Kier alpha value is -1.99. The average Bonchev–Trinajstić information content (AvgIpc) is 2.93. The molecule has 0 amide bonds. The fraction of sp³-hybridized carbons (Fsp3) is 0.333. The number of nitriles is 1. The van der Waals surface area contributed by atoms with Crippen LogP contribution in [0.3, 0.4) is 0 Å². The van der Waals surface area contributed by atoms with Gasteiger partial charge in [-0.15, -0.1) is 0 Å². The number of hydrogen-bond acceptors (Lipinski definition) is 3. The van der Waals surface area contributed by atoms with Crippen LogP contribution in [0.5, 0.6) is 5.75 Å². The molecule has 0 saturated carbocycles. The molecule has 0 aliphatic rings. The zero-order valence-corrected chi connectivity index (χ0v) is 12.3. The van der Waals surface area contributed by atoms with Gasteiger partial charge in [0.1, 0.15) is 18.4 Å². The molecule has 0 radical (unpaired) electrons. The highest BCUT2D eigenvalue weighted by Gasteiger charge is 2.06. The van der Waals surface area contributed by atoms with Crippen LogP contribution in [0.4, 0.5) is 0 Å². The van der Waals surface area contributed by atoms with Gasteiger partial charge in [0.2, 0.25) is 0 Å². The van der Waals surface area contributed by atoms with Gasteiger partial charge in [-0.25, -0.2) is 0 Å². The number of nitrogens with zero attached hydrogens (tertiary/aromatic N) is 3. The van der Waals surface area contributed by atoms with Crippen molar-refractivity contribution in [2.75, 3.05) is 0 Å². The Morgan fingerprint density at radius 3 is 2.90 bits per heavy atom. The lowest BCUT2D eigenvalue weighted by Crippen LogP contribution is -2.05. The highest BCUT2D eigenvalue weighted by molar-refractivity contribution is 6.31. The summed E-state index contributed by atoms with van der Waals surface area (Å²) < 4.78 is 7.56. The minimum atomic E-state index is 0.381. The monoisotopic (exact) mass is 289 g/mol. The van der Waals surface area contributed by atoms with Crippen LogP contribution >= 0.6 is 11.6 Å². The van der Waals surface area contributed by atoms with Crippen LogP contribution in [0.25, 0.3) is 0 Å². The van der Waals surface area contributed by atoms with E-state index in [-0.39, 0.29) is 0 Å². The van der Waals surface area contributed by atoms with Gasteiger partial charge in [0, 0.05) is 18.3 Å². The Morgan fingerprint density at radius 1 is 1.45 bits per heavy atom. The summed E-state index contributed by atoms with van der Waals surface area (Å²) in [4.78, 5) is 0. The first-order valence-corrected chi connectivity index (χ1v) is 6.88. The maximum absolute atomic E-state index is 8.81. The molecule has 2 rings (SSSR count). The summed E-state index contributed by atoms with van der Waals surface area (Å²) in [5.74, 6) is 0.632. The molecule has 1 heterocycles. The number of hydrogen-bond donors (Lipinski definition) is 0. The highest BCUT2D eigenvalue weighted by atomic mass is 35.5. The zero-order valence-electron chi connectivity index (χ0n) is 11.5. The van der Waals surface area contributed by atoms with E-state index in [4.69, 9.17) is 21.6 Å². The summed E-state index contributed by atoms with van der Waals surface area (Å²) in [6.45, 7) is 4.63. The van der Waals surface area contributed by atoms with Crippen molar-refractivity contribution in [3.63, 3.8) is 0 Å². The van der Waals surface area contributed by atoms with Gasteiger partial charge in [-0.05, 0) is 31.5 Å². The van der Waals surface area contributed by atoms with E-state index in [1.54, 1.807) is 18.2 Å². The molecule has 1 aromatic heterocycles. The third-order valence-electron chi connectivity index (χ3n) is 3.15. The normalized spacial score (nSPS) is 11.9. The summed E-state index contributed by atoms with van der Waals surface area (Å²) in [6, 6.07) is 9.36. The van der Waals surface area contributed by atoms with Gasteiger partial charge in [-0.3, -0.25) is 4.68 Å². The molecule has 0 aliphatic carbocycles. The standard InChI is InChI=1S/C15H16ClN3O/c1-3-11(2)19-7-6-13(18-19)10-20-14-5-4-12(9-17)15(16)8-14/h4-8,11H,3,10H2,1-2H3. The van der Waals surface area contributed by atoms with E-state index in [0.29, 0.717) is 29.0 Å². The van der Waals surface area contributed by atoms with Crippen LogP contribution in [-0.4, -0.2) is 9.78 Å². The predicted molar refractivity (Wildman–Crippen MR) is 77.7 cm³/mol. The molecule has 4 nitrogen and oxygen atoms in total. The van der Waals surface area contributed by atoms with Crippen LogP contribution in [-0.2, 0) is 6.61 Å². The van der Waals surface area contributed by atoms with E-state index in [9.17, 15) is 0 Å². The quantitative estimate of drug-likeness (QED) is 0.837. The van der Waals surface area contributed by atoms with Gasteiger partial charge in [0.15, 0.2) is 0 Å². The first-order valence-electron chi connectivity index (χ1n) is 6.50. The molecule has 20 heavy (non-hydrogen) atoms. The Balaban J connectivity index is 2.00. The molecule has 0 spiro atoms. The molecule has 2 aromatic rings. The van der Waals surface area contributed by atoms with Gasteiger partial charge in [-0.1, -0.05) is 18.5 Å². The molecule has 1 unspecified atom stereocenters. The molecule has 0 aliphatic heterocycles. The smallest absolute Gasteiger partial charge is 0.132 e. The van der Waals surface area contributed by atoms with E-state index >= 15 is 0 Å². The van der Waals surface area contributed by atoms with Crippen molar-refractivity contribution < 1.29 is 4.74 Å². The first kappa shape index (κ1) is 14.4. The summed E-state index contributed by atoms with van der Waals surface area (Å²) in [7, 11) is 0. The Morgan fingerprint density at radius 2 is 2.25 bits per heavy atom. The van der Waals surface area contributed by atoms with E-state index in [1.165, 1.54) is 0 Å².